The third-order valence-electron chi connectivity index (χ3n) is 3.57. The number of fused-ring (bicyclic) bond motifs is 3. The molecule has 0 aliphatic rings. The predicted octanol–water partition coefficient (Wildman–Crippen LogP) is 2.59. The maximum absolute atomic E-state index is 4.68. The fraction of sp³-hybridized carbons (Fsp3) is 0.125. The minimum atomic E-state index is 0.640. The Morgan fingerprint density at radius 1 is 1.09 bits per heavy atom. The highest BCUT2D eigenvalue weighted by atomic mass is 15.3. The number of anilines is 1. The first-order valence-corrected chi connectivity index (χ1v) is 7.06. The molecule has 0 aliphatic carbocycles. The van der Waals surface area contributed by atoms with Gasteiger partial charge in [0.25, 0.3) is 0 Å². The van der Waals surface area contributed by atoms with Gasteiger partial charge in [0.1, 0.15) is 5.82 Å². The number of nitrogens with zero attached hydrogens (tertiary/aromatic N) is 5. The van der Waals surface area contributed by atoms with Crippen molar-refractivity contribution in [2.45, 2.75) is 13.5 Å². The maximum Gasteiger partial charge on any atom is 0.204 e. The van der Waals surface area contributed by atoms with E-state index in [9.17, 15) is 0 Å². The minimum absolute atomic E-state index is 0.640. The highest BCUT2D eigenvalue weighted by Gasteiger charge is 2.12. The van der Waals surface area contributed by atoms with Gasteiger partial charge < -0.3 is 5.32 Å². The summed E-state index contributed by atoms with van der Waals surface area (Å²) in [6.07, 6.45) is 3.60. The molecule has 0 bridgehead atoms. The van der Waals surface area contributed by atoms with Gasteiger partial charge in [0.2, 0.25) is 5.65 Å². The average molecular weight is 290 g/mol. The normalized spacial score (nSPS) is 11.1. The summed E-state index contributed by atoms with van der Waals surface area (Å²) in [5.41, 5.74) is 3.74. The van der Waals surface area contributed by atoms with Gasteiger partial charge in [-0.05, 0) is 30.7 Å². The van der Waals surface area contributed by atoms with E-state index >= 15 is 0 Å². The summed E-state index contributed by atoms with van der Waals surface area (Å²) in [5, 5.41) is 11.8. The van der Waals surface area contributed by atoms with Crippen LogP contribution in [0.2, 0.25) is 0 Å². The van der Waals surface area contributed by atoms with E-state index in [1.165, 1.54) is 0 Å². The average Bonchev–Trinajstić information content (AvgIpc) is 2.96. The van der Waals surface area contributed by atoms with Crippen LogP contribution in [0.3, 0.4) is 0 Å². The van der Waals surface area contributed by atoms with E-state index in [1.807, 2.05) is 53.9 Å². The van der Waals surface area contributed by atoms with E-state index in [0.717, 1.165) is 33.9 Å². The number of aryl methyl sites for hydroxylation is 1. The molecule has 0 spiro atoms. The number of nitrogens with one attached hydrogen (secondary N) is 1. The summed E-state index contributed by atoms with van der Waals surface area (Å²) in [6, 6.07) is 11.9. The summed E-state index contributed by atoms with van der Waals surface area (Å²) < 4.78 is 2.02. The second kappa shape index (κ2) is 5.07. The lowest BCUT2D eigenvalue weighted by atomic mass is 10.3. The molecule has 0 fully saturated rings. The molecule has 3 heterocycles. The second-order valence-corrected chi connectivity index (χ2v) is 5.07. The Bertz CT molecular complexity index is 945. The van der Waals surface area contributed by atoms with Gasteiger partial charge in [-0.15, -0.1) is 10.2 Å². The van der Waals surface area contributed by atoms with Crippen molar-refractivity contribution in [2.24, 2.45) is 0 Å². The number of aromatic nitrogens is 5. The molecule has 108 valence electrons. The molecule has 0 atom stereocenters. The molecule has 1 N–H and O–H groups in total. The quantitative estimate of drug-likeness (QED) is 0.628. The van der Waals surface area contributed by atoms with Crippen molar-refractivity contribution >= 4 is 22.5 Å². The summed E-state index contributed by atoms with van der Waals surface area (Å²) >= 11 is 0. The molecule has 0 unspecified atom stereocenters. The van der Waals surface area contributed by atoms with Crippen LogP contribution in [0.4, 0.5) is 5.82 Å². The predicted molar refractivity (Wildman–Crippen MR) is 84.6 cm³/mol. The Kier molecular flexibility index (Phi) is 2.93. The lowest BCUT2D eigenvalue weighted by Crippen LogP contribution is -2.05. The molecule has 0 aliphatic heterocycles. The number of benzene rings is 1. The van der Waals surface area contributed by atoms with Gasteiger partial charge in [-0.25, -0.2) is 4.98 Å². The van der Waals surface area contributed by atoms with Gasteiger partial charge >= 0.3 is 0 Å². The van der Waals surface area contributed by atoms with Crippen LogP contribution in [0, 0.1) is 6.92 Å². The van der Waals surface area contributed by atoms with Crippen LogP contribution < -0.4 is 5.32 Å². The van der Waals surface area contributed by atoms with Crippen molar-refractivity contribution in [1.29, 1.82) is 0 Å². The molecule has 4 aromatic rings. The molecule has 1 aromatic carbocycles. The Labute approximate surface area is 126 Å². The van der Waals surface area contributed by atoms with Gasteiger partial charge in [0.15, 0.2) is 5.82 Å². The SMILES string of the molecule is Cc1nnc2c(NCc3cccnc3)nc3ccccc3n12. The first-order chi connectivity index (χ1) is 10.8. The van der Waals surface area contributed by atoms with Crippen LogP contribution in [0.25, 0.3) is 16.7 Å². The van der Waals surface area contributed by atoms with Crippen molar-refractivity contribution < 1.29 is 0 Å². The number of para-hydroxylation sites is 2. The smallest absolute Gasteiger partial charge is 0.204 e. The molecule has 0 saturated heterocycles. The zero-order valence-electron chi connectivity index (χ0n) is 12.1. The van der Waals surface area contributed by atoms with Gasteiger partial charge in [-0.2, -0.15) is 0 Å². The molecule has 6 heteroatoms. The molecular formula is C16H14N6. The molecule has 0 saturated carbocycles. The highest BCUT2D eigenvalue weighted by Crippen LogP contribution is 2.21. The second-order valence-electron chi connectivity index (χ2n) is 5.07. The lowest BCUT2D eigenvalue weighted by Gasteiger charge is -2.09. The van der Waals surface area contributed by atoms with Gasteiger partial charge in [-0.1, -0.05) is 18.2 Å². The van der Waals surface area contributed by atoms with Crippen LogP contribution in [-0.2, 0) is 6.54 Å². The first kappa shape index (κ1) is 12.7. The molecule has 0 radical (unpaired) electrons. The Morgan fingerprint density at radius 2 is 2.00 bits per heavy atom. The largest absolute Gasteiger partial charge is 0.363 e. The van der Waals surface area contributed by atoms with E-state index in [4.69, 9.17) is 0 Å². The third-order valence-corrected chi connectivity index (χ3v) is 3.57. The fourth-order valence-corrected chi connectivity index (χ4v) is 2.53. The number of hydrogen-bond acceptors (Lipinski definition) is 5. The van der Waals surface area contributed by atoms with Crippen LogP contribution >= 0.6 is 0 Å². The lowest BCUT2D eigenvalue weighted by molar-refractivity contribution is 1.02. The summed E-state index contributed by atoms with van der Waals surface area (Å²) in [4.78, 5) is 8.80. The monoisotopic (exact) mass is 290 g/mol. The molecule has 6 nitrogen and oxygen atoms in total. The number of pyridine rings is 1. The van der Waals surface area contributed by atoms with Crippen LogP contribution in [-0.4, -0.2) is 24.6 Å². The molecular weight excluding hydrogens is 276 g/mol. The highest BCUT2D eigenvalue weighted by molar-refractivity contribution is 5.82. The van der Waals surface area contributed by atoms with Gasteiger partial charge in [-0.3, -0.25) is 9.38 Å². The fourth-order valence-electron chi connectivity index (χ4n) is 2.53. The van der Waals surface area contributed by atoms with Crippen molar-refractivity contribution in [3.8, 4) is 0 Å². The Balaban J connectivity index is 1.82. The standard InChI is InChI=1S/C16H14N6/c1-11-20-21-16-15(18-10-12-5-4-8-17-9-12)19-13-6-2-3-7-14(13)22(11)16/h2-9H,10H2,1H3,(H,18,19). The van der Waals surface area contributed by atoms with Crippen LogP contribution in [0.5, 0.6) is 0 Å². The first-order valence-electron chi connectivity index (χ1n) is 7.06. The molecule has 4 rings (SSSR count). The zero-order valence-corrected chi connectivity index (χ0v) is 12.1. The summed E-state index contributed by atoms with van der Waals surface area (Å²) in [5.74, 6) is 1.57. The van der Waals surface area contributed by atoms with Crippen molar-refractivity contribution in [3.63, 3.8) is 0 Å². The number of rotatable bonds is 3. The van der Waals surface area contributed by atoms with Crippen LogP contribution in [0.1, 0.15) is 11.4 Å². The molecule has 0 amide bonds. The van der Waals surface area contributed by atoms with Crippen molar-refractivity contribution in [3.05, 3.63) is 60.2 Å². The topological polar surface area (TPSA) is 68.0 Å². The van der Waals surface area contributed by atoms with E-state index in [1.54, 1.807) is 6.20 Å². The Morgan fingerprint density at radius 3 is 2.86 bits per heavy atom. The third kappa shape index (κ3) is 2.05. The minimum Gasteiger partial charge on any atom is -0.363 e. The zero-order chi connectivity index (χ0) is 14.9. The molecule has 3 aromatic heterocycles. The van der Waals surface area contributed by atoms with Crippen molar-refractivity contribution in [1.82, 2.24) is 24.6 Å². The van der Waals surface area contributed by atoms with E-state index in [2.05, 4.69) is 25.5 Å². The number of hydrogen-bond donors (Lipinski definition) is 1. The van der Waals surface area contributed by atoms with E-state index in [-0.39, 0.29) is 0 Å². The van der Waals surface area contributed by atoms with E-state index < -0.39 is 0 Å². The summed E-state index contributed by atoms with van der Waals surface area (Å²) in [6.45, 7) is 2.58. The maximum atomic E-state index is 4.68. The van der Waals surface area contributed by atoms with Crippen molar-refractivity contribution in [2.75, 3.05) is 5.32 Å². The Hall–Kier alpha value is -3.02. The van der Waals surface area contributed by atoms with Gasteiger partial charge in [0, 0.05) is 18.9 Å². The molecule has 22 heavy (non-hydrogen) atoms. The van der Waals surface area contributed by atoms with Gasteiger partial charge in [0.05, 0.1) is 11.0 Å². The van der Waals surface area contributed by atoms with Crippen LogP contribution in [0.15, 0.2) is 48.8 Å². The summed E-state index contributed by atoms with van der Waals surface area (Å²) in [7, 11) is 0. The van der Waals surface area contributed by atoms with E-state index in [0.29, 0.717) is 6.54 Å².